The first kappa shape index (κ1) is 9.41. The molecule has 0 N–H and O–H groups in total. The molecule has 0 aliphatic rings. The zero-order chi connectivity index (χ0) is 10.8. The maximum atomic E-state index is 12.9. The number of hydrogen-bond donors (Lipinski definition) is 0. The van der Waals surface area contributed by atoms with Crippen LogP contribution in [0.25, 0.3) is 11.3 Å². The third kappa shape index (κ3) is 1.72. The summed E-state index contributed by atoms with van der Waals surface area (Å²) in [6, 6.07) is 8.23. The molecule has 2 nitrogen and oxygen atoms in total. The van der Waals surface area contributed by atoms with E-state index >= 15 is 0 Å². The molecule has 0 bridgehead atoms. The van der Waals surface area contributed by atoms with Gasteiger partial charge in [-0.05, 0) is 30.3 Å². The highest BCUT2D eigenvalue weighted by Crippen LogP contribution is 2.23. The number of halogens is 2. The van der Waals surface area contributed by atoms with Crippen LogP contribution in [0.2, 0.25) is 0 Å². The maximum Gasteiger partial charge on any atom is 0.204 e. The second kappa shape index (κ2) is 3.54. The number of rotatable bonds is 1. The summed E-state index contributed by atoms with van der Waals surface area (Å²) in [5, 5.41) is 8.52. The first-order valence-corrected chi connectivity index (χ1v) is 4.16. The van der Waals surface area contributed by atoms with Crippen molar-refractivity contribution in [1.82, 2.24) is 0 Å². The number of benzene rings is 1. The smallest absolute Gasteiger partial charge is 0.204 e. The zero-order valence-electron chi connectivity index (χ0n) is 7.50. The minimum atomic E-state index is -0.942. The van der Waals surface area contributed by atoms with Crippen molar-refractivity contribution in [2.24, 2.45) is 0 Å². The highest BCUT2D eigenvalue weighted by molar-refractivity contribution is 5.58. The third-order valence-electron chi connectivity index (χ3n) is 1.92. The van der Waals surface area contributed by atoms with E-state index in [0.717, 1.165) is 12.1 Å². The molecule has 0 amide bonds. The van der Waals surface area contributed by atoms with Gasteiger partial charge >= 0.3 is 0 Å². The standard InChI is InChI=1S/C11H5F2NO/c12-9-3-1-7(5-10(9)13)11-4-2-8(6-14)15-11/h1-5H. The van der Waals surface area contributed by atoms with Crippen LogP contribution in [0.15, 0.2) is 34.7 Å². The van der Waals surface area contributed by atoms with E-state index < -0.39 is 11.6 Å². The van der Waals surface area contributed by atoms with Gasteiger partial charge in [-0.25, -0.2) is 8.78 Å². The lowest BCUT2D eigenvalue weighted by Crippen LogP contribution is -1.83. The van der Waals surface area contributed by atoms with Gasteiger partial charge in [-0.1, -0.05) is 0 Å². The molecule has 0 aliphatic heterocycles. The minimum absolute atomic E-state index is 0.134. The van der Waals surface area contributed by atoms with E-state index in [1.165, 1.54) is 18.2 Å². The molecule has 0 unspecified atom stereocenters. The molecule has 0 aliphatic carbocycles. The largest absolute Gasteiger partial charge is 0.446 e. The summed E-state index contributed by atoms with van der Waals surface area (Å²) in [4.78, 5) is 0. The molecule has 74 valence electrons. The van der Waals surface area contributed by atoms with Crippen LogP contribution < -0.4 is 0 Å². The fraction of sp³-hybridized carbons (Fsp3) is 0. The molecule has 4 heteroatoms. The van der Waals surface area contributed by atoms with Crippen molar-refractivity contribution >= 4 is 0 Å². The Bertz CT molecular complexity index is 540. The molecule has 0 radical (unpaired) electrons. The quantitative estimate of drug-likeness (QED) is 0.717. The Morgan fingerprint density at radius 2 is 1.87 bits per heavy atom. The van der Waals surface area contributed by atoms with Crippen molar-refractivity contribution in [3.05, 3.63) is 47.7 Å². The van der Waals surface area contributed by atoms with Gasteiger partial charge in [-0.3, -0.25) is 0 Å². The van der Waals surface area contributed by atoms with Crippen molar-refractivity contribution in [2.45, 2.75) is 0 Å². The van der Waals surface area contributed by atoms with Crippen molar-refractivity contribution in [2.75, 3.05) is 0 Å². The summed E-state index contributed by atoms with van der Waals surface area (Å²) in [6.45, 7) is 0. The summed E-state index contributed by atoms with van der Waals surface area (Å²) >= 11 is 0. The predicted molar refractivity (Wildman–Crippen MR) is 48.8 cm³/mol. The summed E-state index contributed by atoms with van der Waals surface area (Å²) in [6.07, 6.45) is 0. The van der Waals surface area contributed by atoms with E-state index in [-0.39, 0.29) is 5.76 Å². The van der Waals surface area contributed by atoms with Gasteiger partial charge in [0.05, 0.1) is 0 Å². The monoisotopic (exact) mass is 205 g/mol. The molecule has 0 atom stereocenters. The second-order valence-electron chi connectivity index (χ2n) is 2.90. The molecule has 2 rings (SSSR count). The van der Waals surface area contributed by atoms with E-state index in [4.69, 9.17) is 9.68 Å². The van der Waals surface area contributed by atoms with Gasteiger partial charge in [-0.2, -0.15) is 5.26 Å². The van der Waals surface area contributed by atoms with E-state index in [9.17, 15) is 8.78 Å². The molecule has 0 saturated carbocycles. The van der Waals surface area contributed by atoms with Crippen molar-refractivity contribution < 1.29 is 13.2 Å². The van der Waals surface area contributed by atoms with Gasteiger partial charge < -0.3 is 4.42 Å². The Labute approximate surface area is 84.4 Å². The summed E-state index contributed by atoms with van der Waals surface area (Å²) in [7, 11) is 0. The zero-order valence-corrected chi connectivity index (χ0v) is 7.50. The van der Waals surface area contributed by atoms with Gasteiger partial charge in [0.2, 0.25) is 5.76 Å². The first-order chi connectivity index (χ1) is 7.20. The van der Waals surface area contributed by atoms with Gasteiger partial charge in [0, 0.05) is 5.56 Å². The van der Waals surface area contributed by atoms with Crippen LogP contribution in [0.3, 0.4) is 0 Å². The summed E-state index contributed by atoms with van der Waals surface area (Å²) in [5.74, 6) is -1.38. The van der Waals surface area contributed by atoms with Crippen LogP contribution in [0.4, 0.5) is 8.78 Å². The molecule has 0 spiro atoms. The second-order valence-corrected chi connectivity index (χ2v) is 2.90. The number of nitrogens with zero attached hydrogens (tertiary/aromatic N) is 1. The molecular formula is C11H5F2NO. The summed E-state index contributed by atoms with van der Waals surface area (Å²) < 4.78 is 30.6. The SMILES string of the molecule is N#Cc1ccc(-c2ccc(F)c(F)c2)o1. The van der Waals surface area contributed by atoms with Crippen LogP contribution in [0.5, 0.6) is 0 Å². The highest BCUT2D eigenvalue weighted by Gasteiger charge is 2.07. The average molecular weight is 205 g/mol. The fourth-order valence-electron chi connectivity index (χ4n) is 1.20. The molecule has 15 heavy (non-hydrogen) atoms. The van der Waals surface area contributed by atoms with Crippen molar-refractivity contribution in [3.8, 4) is 17.4 Å². The van der Waals surface area contributed by atoms with Crippen LogP contribution in [-0.2, 0) is 0 Å². The lowest BCUT2D eigenvalue weighted by atomic mass is 10.1. The molecular weight excluding hydrogens is 200 g/mol. The maximum absolute atomic E-state index is 12.9. The molecule has 0 fully saturated rings. The molecule has 1 aromatic carbocycles. The van der Waals surface area contributed by atoms with E-state index in [2.05, 4.69) is 0 Å². The van der Waals surface area contributed by atoms with Crippen LogP contribution in [0, 0.1) is 23.0 Å². The van der Waals surface area contributed by atoms with Gasteiger partial charge in [0.1, 0.15) is 11.8 Å². The van der Waals surface area contributed by atoms with Gasteiger partial charge in [0.25, 0.3) is 0 Å². The minimum Gasteiger partial charge on any atom is -0.446 e. The van der Waals surface area contributed by atoms with E-state index in [1.54, 1.807) is 0 Å². The van der Waals surface area contributed by atoms with E-state index in [0.29, 0.717) is 11.3 Å². The molecule has 1 heterocycles. The van der Waals surface area contributed by atoms with E-state index in [1.807, 2.05) is 6.07 Å². The topological polar surface area (TPSA) is 36.9 Å². The van der Waals surface area contributed by atoms with Crippen LogP contribution in [0.1, 0.15) is 5.76 Å². The molecule has 2 aromatic rings. The predicted octanol–water partition coefficient (Wildman–Crippen LogP) is 3.10. The highest BCUT2D eigenvalue weighted by atomic mass is 19.2. The number of furan rings is 1. The number of hydrogen-bond acceptors (Lipinski definition) is 2. The Balaban J connectivity index is 2.46. The lowest BCUT2D eigenvalue weighted by molar-refractivity contribution is 0.507. The number of nitriles is 1. The Morgan fingerprint density at radius 3 is 2.47 bits per heavy atom. The normalized spacial score (nSPS) is 9.93. The lowest BCUT2D eigenvalue weighted by Gasteiger charge is -1.97. The molecule has 1 aromatic heterocycles. The Morgan fingerprint density at radius 1 is 1.07 bits per heavy atom. The first-order valence-electron chi connectivity index (χ1n) is 4.16. The van der Waals surface area contributed by atoms with Gasteiger partial charge in [0.15, 0.2) is 11.6 Å². The van der Waals surface area contributed by atoms with Gasteiger partial charge in [-0.15, -0.1) is 0 Å². The third-order valence-corrected chi connectivity index (χ3v) is 1.92. The van der Waals surface area contributed by atoms with Crippen molar-refractivity contribution in [3.63, 3.8) is 0 Å². The summed E-state index contributed by atoms with van der Waals surface area (Å²) in [5.41, 5.74) is 0.399. The Hall–Kier alpha value is -2.15. The van der Waals surface area contributed by atoms with Crippen LogP contribution >= 0.6 is 0 Å². The van der Waals surface area contributed by atoms with Crippen molar-refractivity contribution in [1.29, 1.82) is 5.26 Å². The fourth-order valence-corrected chi connectivity index (χ4v) is 1.20. The Kier molecular flexibility index (Phi) is 2.22. The molecule has 0 saturated heterocycles. The van der Waals surface area contributed by atoms with Crippen LogP contribution in [-0.4, -0.2) is 0 Å². The average Bonchev–Trinajstić information content (AvgIpc) is 2.70.